The van der Waals surface area contributed by atoms with Gasteiger partial charge in [0, 0.05) is 16.0 Å². The van der Waals surface area contributed by atoms with E-state index in [0.29, 0.717) is 10.7 Å². The van der Waals surface area contributed by atoms with Crippen molar-refractivity contribution in [2.24, 2.45) is 0 Å². The summed E-state index contributed by atoms with van der Waals surface area (Å²) in [5, 5.41) is 3.29. The number of halogens is 1. The summed E-state index contributed by atoms with van der Waals surface area (Å²) >= 11 is 1.42. The Labute approximate surface area is 131 Å². The van der Waals surface area contributed by atoms with Crippen molar-refractivity contribution in [3.8, 4) is 11.3 Å². The number of amides is 1. The van der Waals surface area contributed by atoms with Gasteiger partial charge >= 0.3 is 0 Å². The Bertz CT molecular complexity index is 797. The number of hydrogen-bond donors (Lipinski definition) is 1. The lowest BCUT2D eigenvalue weighted by atomic mass is 10.1. The average molecular weight is 312 g/mol. The standard InChI is InChI=1S/C17H13FN2OS/c1-11-15(12-5-3-2-4-6-12)19-17(22-11)20-16(21)13-7-9-14(18)10-8-13/h2-10H,1H3,(H,19,20,21). The fourth-order valence-corrected chi connectivity index (χ4v) is 2.92. The van der Waals surface area contributed by atoms with Gasteiger partial charge in [0.1, 0.15) is 5.82 Å². The number of nitrogens with one attached hydrogen (secondary N) is 1. The van der Waals surface area contributed by atoms with Gasteiger partial charge in [-0.3, -0.25) is 10.1 Å². The van der Waals surface area contributed by atoms with Crippen LogP contribution in [0, 0.1) is 12.7 Å². The number of anilines is 1. The second-order valence-corrected chi connectivity index (χ2v) is 5.95. The van der Waals surface area contributed by atoms with E-state index >= 15 is 0 Å². The van der Waals surface area contributed by atoms with Gasteiger partial charge in [-0.1, -0.05) is 30.3 Å². The molecular formula is C17H13FN2OS. The zero-order valence-electron chi connectivity index (χ0n) is 11.8. The maximum Gasteiger partial charge on any atom is 0.257 e. The molecule has 5 heteroatoms. The fourth-order valence-electron chi connectivity index (χ4n) is 2.08. The van der Waals surface area contributed by atoms with E-state index in [9.17, 15) is 9.18 Å². The van der Waals surface area contributed by atoms with Crippen LogP contribution in [0.3, 0.4) is 0 Å². The molecule has 0 fully saturated rings. The summed E-state index contributed by atoms with van der Waals surface area (Å²) < 4.78 is 12.9. The van der Waals surface area contributed by atoms with E-state index in [1.54, 1.807) is 0 Å². The second-order valence-electron chi connectivity index (χ2n) is 4.75. The van der Waals surface area contributed by atoms with E-state index in [-0.39, 0.29) is 11.7 Å². The van der Waals surface area contributed by atoms with Crippen molar-refractivity contribution in [2.75, 3.05) is 5.32 Å². The van der Waals surface area contributed by atoms with Gasteiger partial charge in [0.2, 0.25) is 0 Å². The number of hydrogen-bond acceptors (Lipinski definition) is 3. The van der Waals surface area contributed by atoms with Crippen molar-refractivity contribution in [3.05, 3.63) is 70.9 Å². The summed E-state index contributed by atoms with van der Waals surface area (Å²) in [6, 6.07) is 15.2. The fraction of sp³-hybridized carbons (Fsp3) is 0.0588. The molecule has 0 saturated carbocycles. The SMILES string of the molecule is Cc1sc(NC(=O)c2ccc(F)cc2)nc1-c1ccccc1. The lowest BCUT2D eigenvalue weighted by Gasteiger charge is -2.01. The number of aryl methyl sites for hydroxylation is 1. The van der Waals surface area contributed by atoms with Gasteiger partial charge in [-0.25, -0.2) is 9.37 Å². The number of thiazole rings is 1. The number of rotatable bonds is 3. The third kappa shape index (κ3) is 3.04. The lowest BCUT2D eigenvalue weighted by Crippen LogP contribution is -2.11. The Morgan fingerprint density at radius 2 is 1.77 bits per heavy atom. The molecule has 1 amide bonds. The zero-order chi connectivity index (χ0) is 15.5. The molecule has 0 atom stereocenters. The zero-order valence-corrected chi connectivity index (χ0v) is 12.7. The van der Waals surface area contributed by atoms with Crippen LogP contribution >= 0.6 is 11.3 Å². The van der Waals surface area contributed by atoms with Gasteiger partial charge in [0.15, 0.2) is 5.13 Å². The van der Waals surface area contributed by atoms with Crippen LogP contribution in [0.1, 0.15) is 15.2 Å². The van der Waals surface area contributed by atoms with Crippen LogP contribution in [0.4, 0.5) is 9.52 Å². The molecule has 1 heterocycles. The van der Waals surface area contributed by atoms with Gasteiger partial charge < -0.3 is 0 Å². The van der Waals surface area contributed by atoms with Crippen LogP contribution in [-0.4, -0.2) is 10.9 Å². The molecule has 0 spiro atoms. The third-order valence-electron chi connectivity index (χ3n) is 3.17. The van der Waals surface area contributed by atoms with Crippen molar-refractivity contribution in [1.82, 2.24) is 4.98 Å². The summed E-state index contributed by atoms with van der Waals surface area (Å²) in [5.41, 5.74) is 2.27. The molecule has 0 radical (unpaired) electrons. The monoisotopic (exact) mass is 312 g/mol. The smallest absolute Gasteiger partial charge is 0.257 e. The van der Waals surface area contributed by atoms with E-state index in [2.05, 4.69) is 10.3 Å². The molecule has 22 heavy (non-hydrogen) atoms. The molecular weight excluding hydrogens is 299 g/mol. The van der Waals surface area contributed by atoms with Crippen molar-refractivity contribution < 1.29 is 9.18 Å². The predicted octanol–water partition coefficient (Wildman–Crippen LogP) is 4.51. The van der Waals surface area contributed by atoms with Crippen LogP contribution in [0.25, 0.3) is 11.3 Å². The lowest BCUT2D eigenvalue weighted by molar-refractivity contribution is 0.102. The number of carbonyl (C=O) groups is 1. The van der Waals surface area contributed by atoms with Gasteiger partial charge in [-0.05, 0) is 31.2 Å². The van der Waals surface area contributed by atoms with Crippen molar-refractivity contribution in [2.45, 2.75) is 6.92 Å². The second kappa shape index (κ2) is 6.07. The van der Waals surface area contributed by atoms with Crippen molar-refractivity contribution >= 4 is 22.4 Å². The summed E-state index contributed by atoms with van der Waals surface area (Å²) in [7, 11) is 0. The predicted molar refractivity (Wildman–Crippen MR) is 86.6 cm³/mol. The highest BCUT2D eigenvalue weighted by Crippen LogP contribution is 2.30. The Hall–Kier alpha value is -2.53. The molecule has 0 saturated heterocycles. The highest BCUT2D eigenvalue weighted by atomic mass is 32.1. The van der Waals surface area contributed by atoms with Gasteiger partial charge in [-0.15, -0.1) is 11.3 Å². The highest BCUT2D eigenvalue weighted by Gasteiger charge is 2.13. The molecule has 110 valence electrons. The van der Waals surface area contributed by atoms with E-state index in [0.717, 1.165) is 16.1 Å². The Balaban J connectivity index is 1.82. The van der Waals surface area contributed by atoms with E-state index in [1.165, 1.54) is 35.6 Å². The molecule has 1 N–H and O–H groups in total. The molecule has 0 aliphatic heterocycles. The minimum absolute atomic E-state index is 0.298. The summed E-state index contributed by atoms with van der Waals surface area (Å²) in [5.74, 6) is -0.665. The van der Waals surface area contributed by atoms with Crippen LogP contribution in [0.5, 0.6) is 0 Å². The van der Waals surface area contributed by atoms with Crippen LogP contribution < -0.4 is 5.32 Å². The summed E-state index contributed by atoms with van der Waals surface area (Å²) in [4.78, 5) is 17.6. The first kappa shape index (κ1) is 14.4. The van der Waals surface area contributed by atoms with Crippen LogP contribution in [0.15, 0.2) is 54.6 Å². The molecule has 3 rings (SSSR count). The first-order chi connectivity index (χ1) is 10.6. The molecule has 3 nitrogen and oxygen atoms in total. The van der Waals surface area contributed by atoms with Gasteiger partial charge in [-0.2, -0.15) is 0 Å². The average Bonchev–Trinajstić information content (AvgIpc) is 2.89. The van der Waals surface area contributed by atoms with E-state index < -0.39 is 0 Å². The Kier molecular flexibility index (Phi) is 3.98. The van der Waals surface area contributed by atoms with Gasteiger partial charge in [0.25, 0.3) is 5.91 Å². The molecule has 0 unspecified atom stereocenters. The molecule has 0 aliphatic rings. The topological polar surface area (TPSA) is 42.0 Å². The normalized spacial score (nSPS) is 10.5. The molecule has 0 aliphatic carbocycles. The maximum atomic E-state index is 12.9. The number of nitrogens with zero attached hydrogens (tertiary/aromatic N) is 1. The maximum absolute atomic E-state index is 12.9. The first-order valence-electron chi connectivity index (χ1n) is 6.73. The number of aromatic nitrogens is 1. The van der Waals surface area contributed by atoms with E-state index in [1.807, 2.05) is 37.3 Å². The minimum Gasteiger partial charge on any atom is -0.298 e. The molecule has 0 bridgehead atoms. The summed E-state index contributed by atoms with van der Waals surface area (Å²) in [6.45, 7) is 1.97. The minimum atomic E-state index is -0.368. The third-order valence-corrected chi connectivity index (χ3v) is 4.06. The quantitative estimate of drug-likeness (QED) is 0.773. The van der Waals surface area contributed by atoms with Crippen molar-refractivity contribution in [3.63, 3.8) is 0 Å². The highest BCUT2D eigenvalue weighted by molar-refractivity contribution is 7.16. The largest absolute Gasteiger partial charge is 0.298 e. The van der Waals surface area contributed by atoms with Crippen LogP contribution in [-0.2, 0) is 0 Å². The van der Waals surface area contributed by atoms with Gasteiger partial charge in [0.05, 0.1) is 5.69 Å². The van der Waals surface area contributed by atoms with Crippen LogP contribution in [0.2, 0.25) is 0 Å². The first-order valence-corrected chi connectivity index (χ1v) is 7.55. The molecule has 2 aromatic carbocycles. The Morgan fingerprint density at radius 1 is 1.09 bits per heavy atom. The number of carbonyl (C=O) groups excluding carboxylic acids is 1. The number of benzene rings is 2. The molecule has 1 aromatic heterocycles. The Morgan fingerprint density at radius 3 is 2.45 bits per heavy atom. The summed E-state index contributed by atoms with van der Waals surface area (Å²) in [6.07, 6.45) is 0. The van der Waals surface area contributed by atoms with Crippen molar-refractivity contribution in [1.29, 1.82) is 0 Å². The molecule has 3 aromatic rings. The van der Waals surface area contributed by atoms with E-state index in [4.69, 9.17) is 0 Å².